The molecule has 0 saturated heterocycles. The minimum Gasteiger partial charge on any atom is -0.481 e. The lowest BCUT2D eigenvalue weighted by Crippen LogP contribution is -2.02. The summed E-state index contributed by atoms with van der Waals surface area (Å²) in [7, 11) is 0. The second-order valence-electron chi connectivity index (χ2n) is 3.87. The van der Waals surface area contributed by atoms with Gasteiger partial charge in [0.05, 0.1) is 18.7 Å². The molecule has 0 unspecified atom stereocenters. The first-order chi connectivity index (χ1) is 9.67. The number of carbonyl (C=O) groups is 1. The normalized spacial score (nSPS) is 9.70. The lowest BCUT2D eigenvalue weighted by molar-refractivity contribution is -0.136. The molecule has 20 heavy (non-hydrogen) atoms. The average molecular weight is 278 g/mol. The van der Waals surface area contributed by atoms with Crippen molar-refractivity contribution in [2.75, 3.05) is 13.2 Å². The van der Waals surface area contributed by atoms with Gasteiger partial charge in [-0.3, -0.25) is 9.36 Å². The number of aromatic nitrogens is 3. The summed E-state index contributed by atoms with van der Waals surface area (Å²) in [5.74, 6) is -0.0380. The van der Waals surface area contributed by atoms with Crippen molar-refractivity contribution in [2.24, 2.45) is 5.73 Å². The largest absolute Gasteiger partial charge is 0.481 e. The maximum atomic E-state index is 10.4. The Labute approximate surface area is 116 Å². The van der Waals surface area contributed by atoms with Crippen LogP contribution >= 0.6 is 0 Å². The van der Waals surface area contributed by atoms with Gasteiger partial charge in [-0.25, -0.2) is 9.97 Å². The fraction of sp³-hybridized carbons (Fsp3) is 0.308. The standard InChI is InChI=1S/C11H11N3O2.C2H7NO/c15-11(16)5-4-9-7-14(8-13-9)10-3-1-2-6-12-10;3-1-2-4/h1-3,6-8H,4-5H2,(H,15,16);4H,1-3H2. The van der Waals surface area contributed by atoms with Gasteiger partial charge in [-0.05, 0) is 12.1 Å². The van der Waals surface area contributed by atoms with Gasteiger partial charge in [0.25, 0.3) is 0 Å². The molecule has 0 aliphatic heterocycles. The predicted molar refractivity (Wildman–Crippen MR) is 73.5 cm³/mol. The van der Waals surface area contributed by atoms with Crippen LogP contribution in [0.5, 0.6) is 0 Å². The number of aliphatic hydroxyl groups excluding tert-OH is 1. The first-order valence-corrected chi connectivity index (χ1v) is 6.14. The van der Waals surface area contributed by atoms with E-state index in [0.29, 0.717) is 13.0 Å². The van der Waals surface area contributed by atoms with Gasteiger partial charge < -0.3 is 15.9 Å². The Morgan fingerprint density at radius 2 is 2.10 bits per heavy atom. The fourth-order valence-corrected chi connectivity index (χ4v) is 1.36. The quantitative estimate of drug-likeness (QED) is 0.721. The molecule has 2 aromatic rings. The van der Waals surface area contributed by atoms with E-state index in [4.69, 9.17) is 15.9 Å². The molecule has 0 atom stereocenters. The number of rotatable bonds is 5. The van der Waals surface area contributed by atoms with E-state index in [2.05, 4.69) is 9.97 Å². The zero-order chi connectivity index (χ0) is 14.8. The Bertz CT molecular complexity index is 511. The molecule has 2 heterocycles. The number of imidazole rings is 1. The number of nitrogens with zero attached hydrogens (tertiary/aromatic N) is 3. The number of carboxylic acid groups (broad SMARTS) is 1. The van der Waals surface area contributed by atoms with Gasteiger partial charge in [0.1, 0.15) is 12.1 Å². The Balaban J connectivity index is 0.000000444. The van der Waals surface area contributed by atoms with Crippen molar-refractivity contribution >= 4 is 5.97 Å². The number of carboxylic acids is 1. The van der Waals surface area contributed by atoms with E-state index < -0.39 is 5.97 Å². The molecule has 2 rings (SSSR count). The molecular formula is C13H18N4O3. The zero-order valence-electron chi connectivity index (χ0n) is 11.0. The van der Waals surface area contributed by atoms with Gasteiger partial charge in [-0.1, -0.05) is 6.07 Å². The molecule has 108 valence electrons. The summed E-state index contributed by atoms with van der Waals surface area (Å²) in [6, 6.07) is 5.59. The van der Waals surface area contributed by atoms with Crippen molar-refractivity contribution in [3.8, 4) is 5.82 Å². The number of pyridine rings is 1. The number of nitrogens with two attached hydrogens (primary N) is 1. The van der Waals surface area contributed by atoms with Crippen molar-refractivity contribution in [3.63, 3.8) is 0 Å². The molecule has 0 bridgehead atoms. The predicted octanol–water partition coefficient (Wildman–Crippen LogP) is 0.222. The molecule has 0 radical (unpaired) electrons. The minimum absolute atomic E-state index is 0.0965. The number of aryl methyl sites for hydroxylation is 1. The zero-order valence-corrected chi connectivity index (χ0v) is 11.0. The molecule has 7 nitrogen and oxygen atoms in total. The number of hydrogen-bond acceptors (Lipinski definition) is 5. The van der Waals surface area contributed by atoms with Gasteiger partial charge in [0.15, 0.2) is 0 Å². The molecule has 7 heteroatoms. The molecular weight excluding hydrogens is 260 g/mol. The number of aliphatic carboxylic acids is 1. The highest BCUT2D eigenvalue weighted by Gasteiger charge is 2.03. The molecule has 0 aliphatic carbocycles. The van der Waals surface area contributed by atoms with Gasteiger partial charge in [0, 0.05) is 25.4 Å². The lowest BCUT2D eigenvalue weighted by atomic mass is 10.2. The monoisotopic (exact) mass is 278 g/mol. The van der Waals surface area contributed by atoms with E-state index in [-0.39, 0.29) is 13.0 Å². The van der Waals surface area contributed by atoms with Crippen LogP contribution in [-0.4, -0.2) is 43.9 Å². The second-order valence-corrected chi connectivity index (χ2v) is 3.87. The highest BCUT2D eigenvalue weighted by Crippen LogP contribution is 2.06. The van der Waals surface area contributed by atoms with Crippen molar-refractivity contribution in [1.29, 1.82) is 0 Å². The van der Waals surface area contributed by atoms with E-state index >= 15 is 0 Å². The van der Waals surface area contributed by atoms with E-state index in [1.165, 1.54) is 0 Å². The molecule has 0 amide bonds. The molecule has 4 N–H and O–H groups in total. The van der Waals surface area contributed by atoms with Gasteiger partial charge in [-0.2, -0.15) is 0 Å². The van der Waals surface area contributed by atoms with Crippen LogP contribution in [0.4, 0.5) is 0 Å². The Hall–Kier alpha value is -2.25. The molecule has 2 aromatic heterocycles. The van der Waals surface area contributed by atoms with Crippen molar-refractivity contribution in [2.45, 2.75) is 12.8 Å². The SMILES string of the molecule is NCCO.O=C(O)CCc1cn(-c2ccccn2)cn1. The maximum Gasteiger partial charge on any atom is 0.303 e. The highest BCUT2D eigenvalue weighted by atomic mass is 16.4. The van der Waals surface area contributed by atoms with Crippen LogP contribution in [0.25, 0.3) is 5.82 Å². The first kappa shape index (κ1) is 15.8. The Morgan fingerprint density at radius 1 is 1.35 bits per heavy atom. The van der Waals surface area contributed by atoms with Crippen molar-refractivity contribution in [1.82, 2.24) is 14.5 Å². The molecule has 0 aromatic carbocycles. The van der Waals surface area contributed by atoms with Crippen molar-refractivity contribution < 1.29 is 15.0 Å². The summed E-state index contributed by atoms with van der Waals surface area (Å²) in [5, 5.41) is 16.3. The Morgan fingerprint density at radius 3 is 2.65 bits per heavy atom. The van der Waals surface area contributed by atoms with Crippen LogP contribution in [0.15, 0.2) is 36.9 Å². The highest BCUT2D eigenvalue weighted by molar-refractivity contribution is 5.66. The van der Waals surface area contributed by atoms with E-state index in [9.17, 15) is 4.79 Å². The molecule has 0 saturated carbocycles. The van der Waals surface area contributed by atoms with Gasteiger partial charge in [0.2, 0.25) is 0 Å². The molecule has 0 fully saturated rings. The summed E-state index contributed by atoms with van der Waals surface area (Å²) in [6.45, 7) is 0.472. The minimum atomic E-state index is -0.813. The summed E-state index contributed by atoms with van der Waals surface area (Å²) < 4.78 is 1.77. The van der Waals surface area contributed by atoms with E-state index in [0.717, 1.165) is 11.5 Å². The number of aliphatic hydroxyl groups is 1. The van der Waals surface area contributed by atoms with Gasteiger partial charge >= 0.3 is 5.97 Å². The fourth-order valence-electron chi connectivity index (χ4n) is 1.36. The summed E-state index contributed by atoms with van der Waals surface area (Å²) in [6.07, 6.45) is 5.67. The molecule has 0 aliphatic rings. The first-order valence-electron chi connectivity index (χ1n) is 6.14. The van der Waals surface area contributed by atoms with Crippen LogP contribution in [0.3, 0.4) is 0 Å². The third-order valence-corrected chi connectivity index (χ3v) is 2.27. The third kappa shape index (κ3) is 5.59. The third-order valence-electron chi connectivity index (χ3n) is 2.27. The van der Waals surface area contributed by atoms with Crippen LogP contribution < -0.4 is 5.73 Å². The van der Waals surface area contributed by atoms with Gasteiger partial charge in [-0.15, -0.1) is 0 Å². The molecule has 0 spiro atoms. The average Bonchev–Trinajstić information content (AvgIpc) is 2.95. The maximum absolute atomic E-state index is 10.4. The second kappa shape index (κ2) is 8.78. The lowest BCUT2D eigenvalue weighted by Gasteiger charge is -1.98. The van der Waals surface area contributed by atoms with Crippen LogP contribution in [0, 0.1) is 0 Å². The Kier molecular flexibility index (Phi) is 6.94. The smallest absolute Gasteiger partial charge is 0.303 e. The van der Waals surface area contributed by atoms with E-state index in [1.807, 2.05) is 18.2 Å². The topological polar surface area (TPSA) is 114 Å². The summed E-state index contributed by atoms with van der Waals surface area (Å²) in [4.78, 5) is 18.7. The van der Waals surface area contributed by atoms with Crippen LogP contribution in [0.2, 0.25) is 0 Å². The summed E-state index contributed by atoms with van der Waals surface area (Å²) in [5.41, 5.74) is 5.54. The van der Waals surface area contributed by atoms with Crippen LogP contribution in [0.1, 0.15) is 12.1 Å². The number of hydrogen-bond donors (Lipinski definition) is 3. The van der Waals surface area contributed by atoms with Crippen LogP contribution in [-0.2, 0) is 11.2 Å². The van der Waals surface area contributed by atoms with E-state index in [1.54, 1.807) is 23.3 Å². The van der Waals surface area contributed by atoms with Crippen molar-refractivity contribution in [3.05, 3.63) is 42.6 Å². The summed E-state index contributed by atoms with van der Waals surface area (Å²) >= 11 is 0.